The Labute approximate surface area is 270 Å². The Morgan fingerprint density at radius 1 is 0.837 bits per heavy atom. The average Bonchev–Trinajstić information content (AvgIpc) is 2.98. The minimum atomic E-state index is -0.706. The van der Waals surface area contributed by atoms with Crippen molar-refractivity contribution in [3.8, 4) is 5.75 Å². The summed E-state index contributed by atoms with van der Waals surface area (Å²) in [5, 5.41) is 17.6. The van der Waals surface area contributed by atoms with Crippen LogP contribution in [0.15, 0.2) is 110 Å². The predicted octanol–water partition coefficient (Wildman–Crippen LogP) is 7.52. The number of amides is 2. The van der Waals surface area contributed by atoms with Crippen molar-refractivity contribution in [3.63, 3.8) is 0 Å². The van der Waals surface area contributed by atoms with Crippen molar-refractivity contribution in [2.45, 2.75) is 0 Å². The van der Waals surface area contributed by atoms with Crippen molar-refractivity contribution >= 4 is 89.2 Å². The molecule has 4 aromatic carbocycles. The van der Waals surface area contributed by atoms with Gasteiger partial charge in [-0.2, -0.15) is 5.10 Å². The number of rotatable bonds is 9. The lowest BCUT2D eigenvalue weighted by molar-refractivity contribution is -0.384. The Bertz CT molecular complexity index is 1760. The van der Waals surface area contributed by atoms with E-state index in [1.807, 2.05) is 0 Å². The molecule has 0 aliphatic rings. The van der Waals surface area contributed by atoms with Crippen LogP contribution in [-0.4, -0.2) is 28.9 Å². The highest BCUT2D eigenvalue weighted by Gasteiger charge is 2.14. The molecule has 0 unspecified atom stereocenters. The monoisotopic (exact) mass is 768 g/mol. The molecule has 0 aromatic heterocycles. The van der Waals surface area contributed by atoms with E-state index in [1.54, 1.807) is 54.6 Å². The van der Waals surface area contributed by atoms with Crippen LogP contribution in [0.4, 0.5) is 11.4 Å². The summed E-state index contributed by atoms with van der Waals surface area (Å²) in [5.74, 6) is -1.41. The molecule has 4 rings (SSSR count). The van der Waals surface area contributed by atoms with E-state index in [2.05, 4.69) is 63.6 Å². The van der Waals surface area contributed by atoms with Crippen LogP contribution >= 0.6 is 47.8 Å². The molecule has 0 saturated carbocycles. The minimum Gasteiger partial charge on any atom is -0.421 e. The molecule has 0 heterocycles. The van der Waals surface area contributed by atoms with E-state index in [4.69, 9.17) is 4.74 Å². The van der Waals surface area contributed by atoms with Gasteiger partial charge in [-0.15, -0.1) is 0 Å². The molecule has 0 aliphatic carbocycles. The van der Waals surface area contributed by atoms with Crippen molar-refractivity contribution in [2.75, 3.05) is 5.32 Å². The van der Waals surface area contributed by atoms with Gasteiger partial charge >= 0.3 is 5.97 Å². The van der Waals surface area contributed by atoms with Crippen LogP contribution in [-0.2, 0) is 4.79 Å². The fourth-order valence-electron chi connectivity index (χ4n) is 3.56. The minimum absolute atomic E-state index is 0.0641. The number of carbonyl (C=O) groups is 3. The first-order chi connectivity index (χ1) is 20.6. The van der Waals surface area contributed by atoms with Crippen molar-refractivity contribution < 1.29 is 24.0 Å². The smallest absolute Gasteiger partial charge is 0.336 e. The summed E-state index contributed by atoms with van der Waals surface area (Å²) in [6, 6.07) is 22.2. The molecule has 10 nitrogen and oxygen atoms in total. The topological polar surface area (TPSA) is 140 Å². The second-order valence-electron chi connectivity index (χ2n) is 8.65. The molecule has 2 amide bonds. The summed E-state index contributed by atoms with van der Waals surface area (Å²) in [6.45, 7) is 0. The largest absolute Gasteiger partial charge is 0.421 e. The van der Waals surface area contributed by atoms with Crippen molar-refractivity contribution in [2.24, 2.45) is 5.10 Å². The summed E-state index contributed by atoms with van der Waals surface area (Å²) in [7, 11) is 0. The zero-order valence-corrected chi connectivity index (χ0v) is 26.6. The number of carbonyl (C=O) groups excluding carboxylic acids is 3. The Hall–Kier alpha value is -4.46. The third kappa shape index (κ3) is 9.01. The lowest BCUT2D eigenvalue weighted by Crippen LogP contribution is -2.18. The number of nitro groups is 1. The van der Waals surface area contributed by atoms with Crippen LogP contribution in [0.2, 0.25) is 0 Å². The standard InChI is InChI=1S/C30H19Br3N4O6/c31-22-9-7-19(8-10-22)29(39)35-24-3-1-2-20(15-24)30(40)36-34-17-21-14-23(32)16-26(33)28(21)43-27(38)13-6-18-4-11-25(12-5-18)37(41)42/h1-17H,(H,35,39)(H,36,40)/b13-6+,34-17?. The number of benzene rings is 4. The molecular formula is C30H19Br3N4O6. The van der Waals surface area contributed by atoms with Gasteiger partial charge in [0.1, 0.15) is 0 Å². The van der Waals surface area contributed by atoms with Crippen LogP contribution < -0.4 is 15.5 Å². The zero-order valence-electron chi connectivity index (χ0n) is 21.8. The fraction of sp³-hybridized carbons (Fsp3) is 0. The summed E-state index contributed by atoms with van der Waals surface area (Å²) in [4.78, 5) is 48.1. The van der Waals surface area contributed by atoms with E-state index >= 15 is 0 Å². The third-order valence-electron chi connectivity index (χ3n) is 5.61. The molecule has 0 spiro atoms. The molecule has 0 fully saturated rings. The molecule has 0 radical (unpaired) electrons. The number of hydrogen-bond donors (Lipinski definition) is 2. The highest BCUT2D eigenvalue weighted by molar-refractivity contribution is 9.11. The van der Waals surface area contributed by atoms with Crippen LogP contribution in [0.3, 0.4) is 0 Å². The third-order valence-corrected chi connectivity index (χ3v) is 7.19. The van der Waals surface area contributed by atoms with Gasteiger partial charge in [0.2, 0.25) is 0 Å². The number of nitrogens with one attached hydrogen (secondary N) is 2. The Morgan fingerprint density at radius 3 is 2.26 bits per heavy atom. The van der Waals surface area contributed by atoms with Gasteiger partial charge in [-0.25, -0.2) is 10.2 Å². The molecular weight excluding hydrogens is 752 g/mol. The Balaban J connectivity index is 1.42. The number of esters is 1. The molecule has 216 valence electrons. The molecule has 0 atom stereocenters. The van der Waals surface area contributed by atoms with Gasteiger partial charge in [0.05, 0.1) is 15.6 Å². The average molecular weight is 771 g/mol. The highest BCUT2D eigenvalue weighted by Crippen LogP contribution is 2.32. The van der Waals surface area contributed by atoms with E-state index in [-0.39, 0.29) is 22.9 Å². The number of anilines is 1. The zero-order chi connectivity index (χ0) is 30.9. The van der Waals surface area contributed by atoms with Gasteiger partial charge in [-0.1, -0.05) is 37.9 Å². The lowest BCUT2D eigenvalue weighted by atomic mass is 10.1. The SMILES string of the molecule is O=C(/C=C/c1ccc([N+](=O)[O-])cc1)Oc1c(Br)cc(Br)cc1C=NNC(=O)c1cccc(NC(=O)c2ccc(Br)cc2)c1. The Kier molecular flexibility index (Phi) is 10.7. The number of nitro benzene ring substituents is 1. The molecule has 0 aliphatic heterocycles. The van der Waals surface area contributed by atoms with Gasteiger partial charge in [0, 0.05) is 49.5 Å². The first-order valence-electron chi connectivity index (χ1n) is 12.2. The van der Waals surface area contributed by atoms with Gasteiger partial charge in [0.15, 0.2) is 5.75 Å². The number of hydrogen-bond acceptors (Lipinski definition) is 7. The quantitative estimate of drug-likeness (QED) is 0.0451. The molecule has 0 saturated heterocycles. The maximum Gasteiger partial charge on any atom is 0.336 e. The number of hydrazone groups is 1. The molecule has 2 N–H and O–H groups in total. The number of halogens is 3. The summed E-state index contributed by atoms with van der Waals surface area (Å²) in [6.07, 6.45) is 3.96. The normalized spacial score (nSPS) is 11.0. The van der Waals surface area contributed by atoms with Gasteiger partial charge in [-0.05, 0) is 94.3 Å². The Morgan fingerprint density at radius 2 is 1.56 bits per heavy atom. The van der Waals surface area contributed by atoms with Gasteiger partial charge < -0.3 is 10.1 Å². The fourth-order valence-corrected chi connectivity index (χ4v) is 5.16. The van der Waals surface area contributed by atoms with Crippen LogP contribution in [0.25, 0.3) is 6.08 Å². The molecule has 0 bridgehead atoms. The van der Waals surface area contributed by atoms with Crippen molar-refractivity contribution in [1.82, 2.24) is 5.43 Å². The van der Waals surface area contributed by atoms with E-state index in [0.717, 1.165) is 4.47 Å². The van der Waals surface area contributed by atoms with E-state index < -0.39 is 16.8 Å². The van der Waals surface area contributed by atoms with Crippen LogP contribution in [0.5, 0.6) is 5.75 Å². The van der Waals surface area contributed by atoms with Crippen molar-refractivity contribution in [1.29, 1.82) is 0 Å². The van der Waals surface area contributed by atoms with Gasteiger partial charge in [-0.3, -0.25) is 19.7 Å². The van der Waals surface area contributed by atoms with Crippen LogP contribution in [0.1, 0.15) is 31.8 Å². The first kappa shape index (κ1) is 31.5. The van der Waals surface area contributed by atoms with E-state index in [0.29, 0.717) is 31.3 Å². The number of ether oxygens (including phenoxy) is 1. The highest BCUT2D eigenvalue weighted by atomic mass is 79.9. The second-order valence-corrected chi connectivity index (χ2v) is 11.3. The predicted molar refractivity (Wildman–Crippen MR) is 173 cm³/mol. The van der Waals surface area contributed by atoms with Crippen molar-refractivity contribution in [3.05, 3.63) is 137 Å². The maximum atomic E-state index is 12.8. The molecule has 43 heavy (non-hydrogen) atoms. The lowest BCUT2D eigenvalue weighted by Gasteiger charge is -2.09. The van der Waals surface area contributed by atoms with Gasteiger partial charge in [0.25, 0.3) is 17.5 Å². The molecule has 13 heteroatoms. The summed E-state index contributed by atoms with van der Waals surface area (Å²) in [5.41, 5.74) is 4.44. The summed E-state index contributed by atoms with van der Waals surface area (Å²) < 4.78 is 7.45. The summed E-state index contributed by atoms with van der Waals surface area (Å²) >= 11 is 10.1. The van der Waals surface area contributed by atoms with E-state index in [9.17, 15) is 24.5 Å². The maximum absolute atomic E-state index is 12.8. The van der Waals surface area contributed by atoms with Crippen LogP contribution in [0, 0.1) is 10.1 Å². The first-order valence-corrected chi connectivity index (χ1v) is 14.6. The second kappa shape index (κ2) is 14.6. The van der Waals surface area contributed by atoms with E-state index in [1.165, 1.54) is 48.7 Å². The number of non-ortho nitro benzene ring substituents is 1. The number of nitrogens with zero attached hydrogens (tertiary/aromatic N) is 2. The molecule has 4 aromatic rings.